The number of aromatic nitrogens is 1. The molecule has 3 aromatic rings. The zero-order chi connectivity index (χ0) is 20.2. The maximum atomic E-state index is 12.8. The van der Waals surface area contributed by atoms with Crippen molar-refractivity contribution < 1.29 is 9.53 Å². The molecule has 4 rings (SSSR count). The number of hydrogen-bond acceptors (Lipinski definition) is 5. The second kappa shape index (κ2) is 8.66. The summed E-state index contributed by atoms with van der Waals surface area (Å²) in [7, 11) is 1.69. The van der Waals surface area contributed by atoms with E-state index in [1.807, 2.05) is 54.8 Å². The summed E-state index contributed by atoms with van der Waals surface area (Å²) in [5.74, 6) is 0.839. The fourth-order valence-electron chi connectivity index (χ4n) is 3.72. The predicted molar refractivity (Wildman–Crippen MR) is 118 cm³/mol. The summed E-state index contributed by atoms with van der Waals surface area (Å²) in [6.45, 7) is 3.73. The normalized spacial score (nSPS) is 16.5. The van der Waals surface area contributed by atoms with E-state index in [0.717, 1.165) is 53.6 Å². The number of para-hydroxylation sites is 2. The van der Waals surface area contributed by atoms with Gasteiger partial charge in [0, 0.05) is 41.3 Å². The minimum absolute atomic E-state index is 0.0289. The van der Waals surface area contributed by atoms with Gasteiger partial charge in [-0.25, -0.2) is 4.98 Å². The highest BCUT2D eigenvalue weighted by Gasteiger charge is 2.23. The predicted octanol–water partition coefficient (Wildman–Crippen LogP) is 4.53. The van der Waals surface area contributed by atoms with Crippen LogP contribution in [0.15, 0.2) is 53.9 Å². The number of nitrogens with zero attached hydrogens (tertiary/aromatic N) is 2. The van der Waals surface area contributed by atoms with Crippen LogP contribution in [0.25, 0.3) is 10.6 Å². The smallest absolute Gasteiger partial charge is 0.251 e. The van der Waals surface area contributed by atoms with Crippen LogP contribution in [0.1, 0.15) is 28.9 Å². The number of carbonyl (C=O) groups excluding carboxylic acids is 1. The van der Waals surface area contributed by atoms with Gasteiger partial charge >= 0.3 is 0 Å². The molecule has 0 spiro atoms. The van der Waals surface area contributed by atoms with Gasteiger partial charge in [0.05, 0.1) is 12.8 Å². The molecule has 1 fully saturated rings. The van der Waals surface area contributed by atoms with Crippen LogP contribution in [0.3, 0.4) is 0 Å². The number of amides is 1. The summed E-state index contributed by atoms with van der Waals surface area (Å²) in [6, 6.07) is 15.8. The number of benzene rings is 2. The lowest BCUT2D eigenvalue weighted by atomic mass is 10.0. The van der Waals surface area contributed by atoms with Crippen molar-refractivity contribution in [1.29, 1.82) is 0 Å². The van der Waals surface area contributed by atoms with Gasteiger partial charge in [-0.05, 0) is 44.0 Å². The minimum Gasteiger partial charge on any atom is -0.495 e. The lowest BCUT2D eigenvalue weighted by Gasteiger charge is -2.35. The van der Waals surface area contributed by atoms with Crippen molar-refractivity contribution in [1.82, 2.24) is 10.3 Å². The van der Waals surface area contributed by atoms with Crippen molar-refractivity contribution in [3.05, 3.63) is 65.2 Å². The number of piperidine rings is 1. The van der Waals surface area contributed by atoms with Crippen LogP contribution < -0.4 is 15.0 Å². The molecule has 2 heterocycles. The van der Waals surface area contributed by atoms with Crippen LogP contribution in [0, 0.1) is 6.92 Å². The van der Waals surface area contributed by atoms with Gasteiger partial charge in [-0.15, -0.1) is 11.3 Å². The van der Waals surface area contributed by atoms with Crippen LogP contribution in [-0.2, 0) is 0 Å². The fraction of sp³-hybridized carbons (Fsp3) is 0.304. The largest absolute Gasteiger partial charge is 0.495 e. The number of thiazole rings is 1. The molecule has 1 amide bonds. The monoisotopic (exact) mass is 407 g/mol. The van der Waals surface area contributed by atoms with Crippen LogP contribution in [0.5, 0.6) is 5.75 Å². The van der Waals surface area contributed by atoms with Crippen molar-refractivity contribution in [2.24, 2.45) is 0 Å². The van der Waals surface area contributed by atoms with E-state index in [-0.39, 0.29) is 11.9 Å². The van der Waals surface area contributed by atoms with Gasteiger partial charge in [-0.2, -0.15) is 0 Å². The molecule has 1 atom stereocenters. The van der Waals surface area contributed by atoms with Crippen LogP contribution in [-0.4, -0.2) is 37.1 Å². The molecule has 29 heavy (non-hydrogen) atoms. The Balaban J connectivity index is 1.41. The average Bonchev–Trinajstić information content (AvgIpc) is 3.20. The molecule has 1 aliphatic rings. The van der Waals surface area contributed by atoms with Crippen LogP contribution >= 0.6 is 11.3 Å². The molecule has 0 bridgehead atoms. The second-order valence-electron chi connectivity index (χ2n) is 7.30. The number of methoxy groups -OCH3 is 1. The number of carbonyl (C=O) groups is 1. The number of nitrogens with one attached hydrogen (secondary N) is 1. The average molecular weight is 408 g/mol. The van der Waals surface area contributed by atoms with Crippen molar-refractivity contribution in [3.63, 3.8) is 0 Å². The molecule has 150 valence electrons. The SMILES string of the molecule is COc1ccccc1N1CCCC(NC(=O)c2ccc(-c3nc(C)cs3)cc2)C1. The second-order valence-corrected chi connectivity index (χ2v) is 8.16. The zero-order valence-electron chi connectivity index (χ0n) is 16.7. The molecular weight excluding hydrogens is 382 g/mol. The van der Waals surface area contributed by atoms with E-state index >= 15 is 0 Å². The summed E-state index contributed by atoms with van der Waals surface area (Å²) in [6.07, 6.45) is 2.01. The molecule has 2 aromatic carbocycles. The molecule has 6 heteroatoms. The molecule has 1 aromatic heterocycles. The summed E-state index contributed by atoms with van der Waals surface area (Å²) in [4.78, 5) is 19.6. The van der Waals surface area contributed by atoms with Gasteiger partial charge < -0.3 is 15.0 Å². The maximum absolute atomic E-state index is 12.8. The Hall–Kier alpha value is -2.86. The highest BCUT2D eigenvalue weighted by molar-refractivity contribution is 7.13. The molecule has 1 aliphatic heterocycles. The van der Waals surface area contributed by atoms with Crippen molar-refractivity contribution in [3.8, 4) is 16.3 Å². The Bertz CT molecular complexity index is 984. The number of hydrogen-bond donors (Lipinski definition) is 1. The number of anilines is 1. The van der Waals surface area contributed by atoms with Gasteiger partial charge in [-0.1, -0.05) is 24.3 Å². The Labute approximate surface area is 175 Å². The highest BCUT2D eigenvalue weighted by atomic mass is 32.1. The van der Waals surface area contributed by atoms with Gasteiger partial charge in [0.1, 0.15) is 10.8 Å². The Morgan fingerprint density at radius 3 is 2.72 bits per heavy atom. The van der Waals surface area contributed by atoms with E-state index in [4.69, 9.17) is 4.74 Å². The quantitative estimate of drug-likeness (QED) is 0.675. The first-order chi connectivity index (χ1) is 14.1. The third-order valence-electron chi connectivity index (χ3n) is 5.20. The summed E-state index contributed by atoms with van der Waals surface area (Å²) < 4.78 is 5.50. The van der Waals surface area contributed by atoms with E-state index in [9.17, 15) is 4.79 Å². The van der Waals surface area contributed by atoms with Crippen molar-refractivity contribution >= 4 is 22.9 Å². The molecule has 1 N–H and O–H groups in total. The first-order valence-corrected chi connectivity index (χ1v) is 10.7. The summed E-state index contributed by atoms with van der Waals surface area (Å²) >= 11 is 1.62. The number of ether oxygens (including phenoxy) is 1. The van der Waals surface area contributed by atoms with Crippen molar-refractivity contribution in [2.45, 2.75) is 25.8 Å². The lowest BCUT2D eigenvalue weighted by Crippen LogP contribution is -2.47. The van der Waals surface area contributed by atoms with E-state index in [1.54, 1.807) is 18.4 Å². The first-order valence-electron chi connectivity index (χ1n) is 9.85. The number of rotatable bonds is 5. The van der Waals surface area contributed by atoms with E-state index in [1.165, 1.54) is 0 Å². The van der Waals surface area contributed by atoms with Crippen molar-refractivity contribution in [2.75, 3.05) is 25.1 Å². The molecule has 1 unspecified atom stereocenters. The summed E-state index contributed by atoms with van der Waals surface area (Å²) in [5, 5.41) is 6.22. The summed E-state index contributed by atoms with van der Waals surface area (Å²) in [5.41, 5.74) is 3.82. The van der Waals surface area contributed by atoms with Crippen LogP contribution in [0.2, 0.25) is 0 Å². The molecular formula is C23H25N3O2S. The van der Waals surface area contributed by atoms with Gasteiger partial charge in [0.2, 0.25) is 0 Å². The van der Waals surface area contributed by atoms with E-state index < -0.39 is 0 Å². The minimum atomic E-state index is -0.0289. The maximum Gasteiger partial charge on any atom is 0.251 e. The Morgan fingerprint density at radius 1 is 1.21 bits per heavy atom. The van der Waals surface area contributed by atoms with E-state index in [0.29, 0.717) is 5.56 Å². The van der Waals surface area contributed by atoms with Gasteiger partial charge in [0.25, 0.3) is 5.91 Å². The lowest BCUT2D eigenvalue weighted by molar-refractivity contribution is 0.0933. The molecule has 0 aliphatic carbocycles. The third kappa shape index (κ3) is 4.43. The topological polar surface area (TPSA) is 54.5 Å². The Kier molecular flexibility index (Phi) is 5.81. The first kappa shape index (κ1) is 19.5. The van der Waals surface area contributed by atoms with Gasteiger partial charge in [0.15, 0.2) is 0 Å². The van der Waals surface area contributed by atoms with E-state index in [2.05, 4.69) is 21.3 Å². The standard InChI is InChI=1S/C23H25N3O2S/c1-16-15-29-23(24-16)18-11-9-17(10-12-18)22(27)25-19-6-5-13-26(14-19)20-7-3-4-8-21(20)28-2/h3-4,7-12,15,19H,5-6,13-14H2,1-2H3,(H,25,27). The fourth-order valence-corrected chi connectivity index (χ4v) is 4.53. The van der Waals surface area contributed by atoms with Crippen LogP contribution in [0.4, 0.5) is 5.69 Å². The number of aryl methyl sites for hydroxylation is 1. The van der Waals surface area contributed by atoms with Gasteiger partial charge in [-0.3, -0.25) is 4.79 Å². The third-order valence-corrected chi connectivity index (χ3v) is 6.20. The molecule has 0 radical (unpaired) electrons. The highest BCUT2D eigenvalue weighted by Crippen LogP contribution is 2.30. The molecule has 5 nitrogen and oxygen atoms in total. The molecule has 1 saturated heterocycles. The zero-order valence-corrected chi connectivity index (χ0v) is 17.5. The Morgan fingerprint density at radius 2 is 2.00 bits per heavy atom. The molecule has 0 saturated carbocycles.